The second-order valence-corrected chi connectivity index (χ2v) is 5.07. The summed E-state index contributed by atoms with van der Waals surface area (Å²) in [4.78, 5) is 34.4. The van der Waals surface area contributed by atoms with Crippen LogP contribution in [0.15, 0.2) is 30.3 Å². The normalized spacial score (nSPS) is 12.5. The molecule has 0 unspecified atom stereocenters. The van der Waals surface area contributed by atoms with E-state index in [-0.39, 0.29) is 31.2 Å². The van der Waals surface area contributed by atoms with Crippen LogP contribution < -0.4 is 10.6 Å². The van der Waals surface area contributed by atoms with Crippen molar-refractivity contribution in [3.8, 4) is 12.3 Å². The molecule has 0 saturated carbocycles. The van der Waals surface area contributed by atoms with Crippen LogP contribution in [0.5, 0.6) is 0 Å². The zero-order valence-electron chi connectivity index (χ0n) is 12.9. The van der Waals surface area contributed by atoms with Crippen LogP contribution in [-0.4, -0.2) is 28.9 Å². The second-order valence-electron chi connectivity index (χ2n) is 5.07. The van der Waals surface area contributed by atoms with E-state index in [4.69, 9.17) is 11.5 Å². The lowest BCUT2D eigenvalue weighted by Gasteiger charge is -2.15. The lowest BCUT2D eigenvalue weighted by atomic mass is 10.1. The molecular weight excluding hydrogens is 296 g/mol. The van der Waals surface area contributed by atoms with E-state index in [1.807, 2.05) is 37.3 Å². The highest BCUT2D eigenvalue weighted by molar-refractivity contribution is 5.87. The maximum atomic E-state index is 11.8. The number of nitrogens with one attached hydrogen (secondary N) is 2. The number of carbonyl (C=O) groups is 3. The first-order chi connectivity index (χ1) is 10.9. The summed E-state index contributed by atoms with van der Waals surface area (Å²) < 4.78 is 0. The monoisotopic (exact) mass is 316 g/mol. The molecule has 23 heavy (non-hydrogen) atoms. The standard InChI is InChI=1S/C17H20N2O4/c1-3-7-14(17(22)23)19-16(21)11-10-15(20)18-12(2)13-8-5-4-6-9-13/h1,4-6,8-9,12,14H,7,10-11H2,2H3,(H,18,20)(H,19,21)(H,22,23)/t12-,14-/m1/s1. The summed E-state index contributed by atoms with van der Waals surface area (Å²) in [6.07, 6.45) is 4.83. The molecule has 0 aliphatic rings. The van der Waals surface area contributed by atoms with Crippen LogP contribution in [0.1, 0.15) is 37.8 Å². The molecule has 6 nitrogen and oxygen atoms in total. The van der Waals surface area contributed by atoms with Gasteiger partial charge in [-0.2, -0.15) is 0 Å². The van der Waals surface area contributed by atoms with Crippen LogP contribution in [0.25, 0.3) is 0 Å². The Kier molecular flexibility index (Phi) is 7.34. The minimum absolute atomic E-state index is 0.0224. The number of carbonyl (C=O) groups excluding carboxylic acids is 2. The third-order valence-corrected chi connectivity index (χ3v) is 3.21. The van der Waals surface area contributed by atoms with Gasteiger partial charge in [-0.25, -0.2) is 4.79 Å². The number of amides is 2. The number of benzene rings is 1. The summed E-state index contributed by atoms with van der Waals surface area (Å²) in [5.74, 6) is 0.197. The van der Waals surface area contributed by atoms with Crippen molar-refractivity contribution in [2.24, 2.45) is 0 Å². The van der Waals surface area contributed by atoms with Gasteiger partial charge in [-0.15, -0.1) is 12.3 Å². The van der Waals surface area contributed by atoms with Gasteiger partial charge in [0.15, 0.2) is 0 Å². The molecule has 0 radical (unpaired) electrons. The summed E-state index contributed by atoms with van der Waals surface area (Å²) in [5.41, 5.74) is 0.963. The Hall–Kier alpha value is -2.81. The first-order valence-corrected chi connectivity index (χ1v) is 7.24. The van der Waals surface area contributed by atoms with Gasteiger partial charge in [0.1, 0.15) is 6.04 Å². The average molecular weight is 316 g/mol. The molecule has 1 aromatic carbocycles. The highest BCUT2D eigenvalue weighted by Crippen LogP contribution is 2.11. The molecular formula is C17H20N2O4. The Labute approximate surface area is 135 Å². The molecule has 0 spiro atoms. The SMILES string of the molecule is C#CC[C@@H](NC(=O)CCC(=O)N[C@H](C)c1ccccc1)C(=O)O. The van der Waals surface area contributed by atoms with Gasteiger partial charge >= 0.3 is 5.97 Å². The van der Waals surface area contributed by atoms with E-state index >= 15 is 0 Å². The zero-order valence-corrected chi connectivity index (χ0v) is 12.9. The number of terminal acetylenes is 1. The molecule has 0 saturated heterocycles. The fourth-order valence-corrected chi connectivity index (χ4v) is 1.95. The van der Waals surface area contributed by atoms with Crippen LogP contribution in [0.3, 0.4) is 0 Å². The van der Waals surface area contributed by atoms with Gasteiger partial charge in [-0.05, 0) is 12.5 Å². The smallest absolute Gasteiger partial charge is 0.327 e. The molecule has 0 bridgehead atoms. The average Bonchev–Trinajstić information content (AvgIpc) is 2.53. The fraction of sp³-hybridized carbons (Fsp3) is 0.353. The number of rotatable bonds is 8. The van der Waals surface area contributed by atoms with Crippen LogP contribution in [0.4, 0.5) is 0 Å². The number of hydrogen-bond acceptors (Lipinski definition) is 3. The highest BCUT2D eigenvalue weighted by atomic mass is 16.4. The third kappa shape index (κ3) is 6.66. The van der Waals surface area contributed by atoms with Gasteiger partial charge in [0.2, 0.25) is 11.8 Å². The fourth-order valence-electron chi connectivity index (χ4n) is 1.95. The molecule has 0 fully saturated rings. The number of carboxylic acids is 1. The van der Waals surface area contributed by atoms with Crippen molar-refractivity contribution in [2.75, 3.05) is 0 Å². The maximum absolute atomic E-state index is 11.8. The van der Waals surface area contributed by atoms with Crippen molar-refractivity contribution >= 4 is 17.8 Å². The van der Waals surface area contributed by atoms with E-state index in [0.717, 1.165) is 5.56 Å². The van der Waals surface area contributed by atoms with Crippen LogP contribution in [0, 0.1) is 12.3 Å². The Morgan fingerprint density at radius 1 is 1.13 bits per heavy atom. The van der Waals surface area contributed by atoms with E-state index in [2.05, 4.69) is 16.6 Å². The van der Waals surface area contributed by atoms with Gasteiger partial charge < -0.3 is 15.7 Å². The summed E-state index contributed by atoms with van der Waals surface area (Å²) in [7, 11) is 0. The summed E-state index contributed by atoms with van der Waals surface area (Å²) >= 11 is 0. The summed E-state index contributed by atoms with van der Waals surface area (Å²) in [6, 6.07) is 8.14. The van der Waals surface area contributed by atoms with Crippen molar-refractivity contribution in [3.05, 3.63) is 35.9 Å². The lowest BCUT2D eigenvalue weighted by Crippen LogP contribution is -2.41. The van der Waals surface area contributed by atoms with E-state index in [1.54, 1.807) is 0 Å². The minimum atomic E-state index is -1.20. The van der Waals surface area contributed by atoms with Gasteiger partial charge in [0.25, 0.3) is 0 Å². The molecule has 1 rings (SSSR count). The Morgan fingerprint density at radius 3 is 2.22 bits per heavy atom. The van der Waals surface area contributed by atoms with Crippen molar-refractivity contribution in [1.29, 1.82) is 0 Å². The highest BCUT2D eigenvalue weighted by Gasteiger charge is 2.19. The Bertz CT molecular complexity index is 592. The molecule has 0 aliphatic heterocycles. The molecule has 6 heteroatoms. The van der Waals surface area contributed by atoms with Gasteiger partial charge in [-0.1, -0.05) is 30.3 Å². The lowest BCUT2D eigenvalue weighted by molar-refractivity contribution is -0.141. The molecule has 0 aliphatic carbocycles. The van der Waals surface area contributed by atoms with Crippen molar-refractivity contribution in [1.82, 2.24) is 10.6 Å². The predicted molar refractivity (Wildman–Crippen MR) is 85.3 cm³/mol. The molecule has 1 aromatic rings. The largest absolute Gasteiger partial charge is 0.480 e. The zero-order chi connectivity index (χ0) is 17.2. The van der Waals surface area contributed by atoms with Gasteiger partial charge in [0.05, 0.1) is 6.04 Å². The summed E-state index contributed by atoms with van der Waals surface area (Å²) in [6.45, 7) is 1.85. The first-order valence-electron chi connectivity index (χ1n) is 7.24. The first kappa shape index (κ1) is 18.2. The van der Waals surface area contributed by atoms with Crippen molar-refractivity contribution < 1.29 is 19.5 Å². The van der Waals surface area contributed by atoms with Crippen LogP contribution in [-0.2, 0) is 14.4 Å². The third-order valence-electron chi connectivity index (χ3n) is 3.21. The summed E-state index contributed by atoms with van der Waals surface area (Å²) in [5, 5.41) is 14.0. The topological polar surface area (TPSA) is 95.5 Å². The minimum Gasteiger partial charge on any atom is -0.480 e. The maximum Gasteiger partial charge on any atom is 0.327 e. The number of aliphatic carboxylic acids is 1. The van der Waals surface area contributed by atoms with Gasteiger partial charge in [-0.3, -0.25) is 9.59 Å². The van der Waals surface area contributed by atoms with E-state index in [1.165, 1.54) is 0 Å². The molecule has 122 valence electrons. The molecule has 0 heterocycles. The number of carboxylic acid groups (broad SMARTS) is 1. The molecule has 2 atom stereocenters. The van der Waals surface area contributed by atoms with Crippen molar-refractivity contribution in [3.63, 3.8) is 0 Å². The van der Waals surface area contributed by atoms with Crippen LogP contribution in [0.2, 0.25) is 0 Å². The number of hydrogen-bond donors (Lipinski definition) is 3. The second kappa shape index (κ2) is 9.26. The Morgan fingerprint density at radius 2 is 1.70 bits per heavy atom. The van der Waals surface area contributed by atoms with Gasteiger partial charge in [0, 0.05) is 19.3 Å². The van der Waals surface area contributed by atoms with Crippen molar-refractivity contribution in [2.45, 2.75) is 38.3 Å². The molecule has 2 amide bonds. The van der Waals surface area contributed by atoms with E-state index in [0.29, 0.717) is 0 Å². The van der Waals surface area contributed by atoms with Crippen LogP contribution >= 0.6 is 0 Å². The Balaban J connectivity index is 2.39. The predicted octanol–water partition coefficient (Wildman–Crippen LogP) is 1.24. The molecule has 3 N–H and O–H groups in total. The quantitative estimate of drug-likeness (QED) is 0.629. The van der Waals surface area contributed by atoms with E-state index < -0.39 is 17.9 Å². The van der Waals surface area contributed by atoms with E-state index in [9.17, 15) is 14.4 Å². The molecule has 0 aromatic heterocycles.